The molecule has 1 atom stereocenters. The highest BCUT2D eigenvalue weighted by molar-refractivity contribution is 5.63. The van der Waals surface area contributed by atoms with Crippen LogP contribution in [0.25, 0.3) is 11.3 Å². The lowest BCUT2D eigenvalue weighted by Crippen LogP contribution is -2.46. The number of ether oxygens (including phenoxy) is 1. The molecule has 156 valence electrons. The molecule has 0 fully saturated rings. The maximum absolute atomic E-state index is 6.39. The van der Waals surface area contributed by atoms with Gasteiger partial charge in [0.15, 0.2) is 18.0 Å². The van der Waals surface area contributed by atoms with E-state index in [-0.39, 0.29) is 0 Å². The zero-order valence-corrected chi connectivity index (χ0v) is 18.7. The smallest absolute Gasteiger partial charge is 0.218 e. The number of aromatic nitrogens is 2. The van der Waals surface area contributed by atoms with Crippen LogP contribution in [0.1, 0.15) is 22.4 Å². The van der Waals surface area contributed by atoms with E-state index in [0.717, 1.165) is 17.7 Å². The quantitative estimate of drug-likeness (QED) is 0.430. The second-order valence-corrected chi connectivity index (χ2v) is 8.06. The minimum Gasteiger partial charge on any atom is -0.362 e. The molecule has 2 aromatic heterocycles. The second kappa shape index (κ2) is 8.83. The summed E-state index contributed by atoms with van der Waals surface area (Å²) in [6.07, 6.45) is 4.91. The van der Waals surface area contributed by atoms with Gasteiger partial charge in [0, 0.05) is 43.4 Å². The van der Waals surface area contributed by atoms with Crippen molar-refractivity contribution in [3.05, 3.63) is 120 Å². The van der Waals surface area contributed by atoms with Gasteiger partial charge in [-0.2, -0.15) is 0 Å². The third kappa shape index (κ3) is 3.89. The Morgan fingerprint density at radius 3 is 2.10 bits per heavy atom. The average Bonchev–Trinajstić information content (AvgIpc) is 2.80. The van der Waals surface area contributed by atoms with Gasteiger partial charge in [0.2, 0.25) is 11.4 Å². The van der Waals surface area contributed by atoms with Crippen molar-refractivity contribution in [3.8, 4) is 11.3 Å². The third-order valence-corrected chi connectivity index (χ3v) is 6.27. The second-order valence-electron chi connectivity index (χ2n) is 8.06. The SMILES string of the molecule is COC(Cc1cccc(-c2cccc[n+]2C)c1C)(c1ccccc1)c1cccc[n+]1C. The van der Waals surface area contributed by atoms with Gasteiger partial charge in [-0.05, 0) is 41.8 Å². The van der Waals surface area contributed by atoms with E-state index in [4.69, 9.17) is 4.74 Å². The van der Waals surface area contributed by atoms with Crippen LogP contribution in [0.15, 0.2) is 97.3 Å². The minimum absolute atomic E-state index is 0.598. The van der Waals surface area contributed by atoms with Crippen LogP contribution < -0.4 is 9.13 Å². The summed E-state index contributed by atoms with van der Waals surface area (Å²) in [5, 5.41) is 0. The van der Waals surface area contributed by atoms with E-state index in [0.29, 0.717) is 0 Å². The van der Waals surface area contributed by atoms with E-state index in [1.165, 1.54) is 22.4 Å². The Balaban J connectivity index is 1.89. The van der Waals surface area contributed by atoms with Crippen molar-refractivity contribution in [2.45, 2.75) is 18.9 Å². The van der Waals surface area contributed by atoms with Gasteiger partial charge in [-0.15, -0.1) is 0 Å². The highest BCUT2D eigenvalue weighted by Gasteiger charge is 2.41. The van der Waals surface area contributed by atoms with E-state index in [2.05, 4.69) is 127 Å². The molecule has 0 bridgehead atoms. The number of hydrogen-bond donors (Lipinski definition) is 0. The molecule has 3 heteroatoms. The Labute approximate surface area is 185 Å². The Morgan fingerprint density at radius 2 is 1.42 bits per heavy atom. The highest BCUT2D eigenvalue weighted by Crippen LogP contribution is 2.37. The molecule has 0 amide bonds. The summed E-state index contributed by atoms with van der Waals surface area (Å²) < 4.78 is 10.7. The van der Waals surface area contributed by atoms with Gasteiger partial charge in [-0.3, -0.25) is 0 Å². The molecule has 1 unspecified atom stereocenters. The number of pyridine rings is 2. The monoisotopic (exact) mass is 410 g/mol. The highest BCUT2D eigenvalue weighted by atomic mass is 16.5. The van der Waals surface area contributed by atoms with Gasteiger partial charge in [-0.25, -0.2) is 9.13 Å². The van der Waals surface area contributed by atoms with Crippen LogP contribution in [0.5, 0.6) is 0 Å². The zero-order chi connectivity index (χ0) is 21.8. The first-order valence-corrected chi connectivity index (χ1v) is 10.7. The van der Waals surface area contributed by atoms with E-state index < -0.39 is 5.60 Å². The number of aryl methyl sites for hydroxylation is 2. The molecule has 0 radical (unpaired) electrons. The minimum atomic E-state index is -0.598. The van der Waals surface area contributed by atoms with Crippen LogP contribution in [0.2, 0.25) is 0 Å². The van der Waals surface area contributed by atoms with Crippen molar-refractivity contribution in [2.24, 2.45) is 14.1 Å². The molecule has 0 aliphatic carbocycles. The molecular formula is C28H30N2O+2. The number of rotatable bonds is 6. The van der Waals surface area contributed by atoms with Gasteiger partial charge >= 0.3 is 0 Å². The summed E-state index contributed by atoms with van der Waals surface area (Å²) in [6.45, 7) is 2.22. The largest absolute Gasteiger partial charge is 0.362 e. The summed E-state index contributed by atoms with van der Waals surface area (Å²) >= 11 is 0. The summed E-state index contributed by atoms with van der Waals surface area (Å²) in [5.41, 5.74) is 6.68. The first kappa shape index (κ1) is 21.0. The maximum Gasteiger partial charge on any atom is 0.218 e. The first-order valence-electron chi connectivity index (χ1n) is 10.7. The molecule has 3 nitrogen and oxygen atoms in total. The van der Waals surface area contributed by atoms with Crippen molar-refractivity contribution >= 4 is 0 Å². The predicted molar refractivity (Wildman–Crippen MR) is 123 cm³/mol. The van der Waals surface area contributed by atoms with Crippen molar-refractivity contribution in [1.29, 1.82) is 0 Å². The summed E-state index contributed by atoms with van der Waals surface area (Å²) in [5.74, 6) is 0. The lowest BCUT2D eigenvalue weighted by atomic mass is 9.81. The molecule has 0 aliphatic rings. The lowest BCUT2D eigenvalue weighted by molar-refractivity contribution is -0.685. The van der Waals surface area contributed by atoms with Crippen LogP contribution in [0, 0.1) is 6.92 Å². The van der Waals surface area contributed by atoms with E-state index >= 15 is 0 Å². The molecule has 0 N–H and O–H groups in total. The van der Waals surface area contributed by atoms with Crippen LogP contribution in [0.4, 0.5) is 0 Å². The van der Waals surface area contributed by atoms with Crippen LogP contribution in [0.3, 0.4) is 0 Å². The molecule has 0 aliphatic heterocycles. The standard InChI is InChI=1S/C28H30N2O/c1-22-23(13-12-16-25(22)26-17-8-10-19-29(26)2)21-28(31-4,24-14-6-5-7-15-24)27-18-9-11-20-30(27)3/h5-20H,21H2,1-4H3/q+2. The molecule has 0 saturated heterocycles. The number of nitrogens with zero attached hydrogens (tertiary/aromatic N) is 2. The molecular weight excluding hydrogens is 380 g/mol. The summed E-state index contributed by atoms with van der Waals surface area (Å²) in [7, 11) is 5.99. The Bertz CT molecular complexity index is 1190. The molecule has 2 aromatic carbocycles. The van der Waals surface area contributed by atoms with Crippen molar-refractivity contribution < 1.29 is 13.9 Å². The number of methoxy groups -OCH3 is 1. The van der Waals surface area contributed by atoms with Crippen molar-refractivity contribution in [3.63, 3.8) is 0 Å². The zero-order valence-electron chi connectivity index (χ0n) is 18.7. The average molecular weight is 411 g/mol. The summed E-state index contributed by atoms with van der Waals surface area (Å²) in [6, 6.07) is 29.7. The third-order valence-electron chi connectivity index (χ3n) is 6.27. The van der Waals surface area contributed by atoms with Gasteiger partial charge in [0.25, 0.3) is 0 Å². The molecule has 4 aromatic rings. The van der Waals surface area contributed by atoms with Gasteiger partial charge < -0.3 is 4.74 Å². The predicted octanol–water partition coefficient (Wildman–Crippen LogP) is 4.44. The van der Waals surface area contributed by atoms with E-state index in [9.17, 15) is 0 Å². The molecule has 31 heavy (non-hydrogen) atoms. The topological polar surface area (TPSA) is 17.0 Å². The fourth-order valence-corrected chi connectivity index (χ4v) is 4.51. The van der Waals surface area contributed by atoms with Crippen LogP contribution in [-0.2, 0) is 30.9 Å². The van der Waals surface area contributed by atoms with Gasteiger partial charge in [-0.1, -0.05) is 42.5 Å². The molecule has 4 rings (SSSR count). The van der Waals surface area contributed by atoms with Gasteiger partial charge in [0.1, 0.15) is 14.1 Å². The first-order chi connectivity index (χ1) is 15.1. The lowest BCUT2D eigenvalue weighted by Gasteiger charge is -2.31. The van der Waals surface area contributed by atoms with Crippen molar-refractivity contribution in [2.75, 3.05) is 7.11 Å². The fraction of sp³-hybridized carbons (Fsp3) is 0.214. The summed E-state index contributed by atoms with van der Waals surface area (Å²) in [4.78, 5) is 0. The van der Waals surface area contributed by atoms with Crippen LogP contribution in [-0.4, -0.2) is 7.11 Å². The Morgan fingerprint density at radius 1 is 0.742 bits per heavy atom. The maximum atomic E-state index is 6.39. The Kier molecular flexibility index (Phi) is 5.97. The van der Waals surface area contributed by atoms with Crippen LogP contribution >= 0.6 is 0 Å². The molecule has 2 heterocycles. The van der Waals surface area contributed by atoms with Crippen molar-refractivity contribution in [1.82, 2.24) is 0 Å². The molecule has 0 spiro atoms. The number of benzene rings is 2. The number of hydrogen-bond acceptors (Lipinski definition) is 1. The Hall–Kier alpha value is -3.30. The van der Waals surface area contributed by atoms with E-state index in [1.54, 1.807) is 0 Å². The fourth-order valence-electron chi connectivity index (χ4n) is 4.51. The molecule has 0 saturated carbocycles. The normalized spacial score (nSPS) is 13.0. The van der Waals surface area contributed by atoms with E-state index in [1.807, 2.05) is 7.11 Å². The van der Waals surface area contributed by atoms with Gasteiger partial charge in [0.05, 0.1) is 0 Å².